The molecule has 3 aromatic carbocycles. The molecule has 9 nitrogen and oxygen atoms in total. The first-order valence-corrected chi connectivity index (χ1v) is 12.8. The molecular weight excluding hydrogens is 502 g/mol. The quantitative estimate of drug-likeness (QED) is 0.218. The number of hydrogen-bond donors (Lipinski definition) is 4. The maximum Gasteiger partial charge on any atom is 0.251 e. The van der Waals surface area contributed by atoms with Crippen LogP contribution in [0.15, 0.2) is 79.4 Å². The molecule has 4 aromatic rings. The number of aromatic nitrogens is 3. The molecule has 1 heterocycles. The Morgan fingerprint density at radius 3 is 2.35 bits per heavy atom. The third-order valence-electron chi connectivity index (χ3n) is 6.28. The predicted octanol–water partition coefficient (Wildman–Crippen LogP) is 5.52. The van der Waals surface area contributed by atoms with Gasteiger partial charge in [-0.25, -0.2) is 0 Å². The summed E-state index contributed by atoms with van der Waals surface area (Å²) >= 11 is 0. The summed E-state index contributed by atoms with van der Waals surface area (Å²) in [5.41, 5.74) is 11.8. The van der Waals surface area contributed by atoms with Crippen molar-refractivity contribution in [1.82, 2.24) is 20.3 Å². The highest BCUT2D eigenvalue weighted by atomic mass is 16.2. The molecule has 40 heavy (non-hydrogen) atoms. The molecule has 0 unspecified atom stereocenters. The third-order valence-corrected chi connectivity index (χ3v) is 6.28. The van der Waals surface area contributed by atoms with Crippen LogP contribution in [-0.4, -0.2) is 26.8 Å². The maximum absolute atomic E-state index is 12.7. The van der Waals surface area contributed by atoms with Crippen LogP contribution in [0.3, 0.4) is 0 Å². The normalized spacial score (nSPS) is 11.0. The molecule has 0 spiro atoms. The van der Waals surface area contributed by atoms with E-state index in [1.54, 1.807) is 18.2 Å². The van der Waals surface area contributed by atoms with Gasteiger partial charge in [0.2, 0.25) is 17.8 Å². The zero-order valence-electron chi connectivity index (χ0n) is 23.1. The van der Waals surface area contributed by atoms with E-state index in [4.69, 9.17) is 5.73 Å². The van der Waals surface area contributed by atoms with Gasteiger partial charge in [0.05, 0.1) is 0 Å². The standard InChI is InChI=1S/C31H33N7O2/c1-6-26(39)34-24-8-7-9-25(17-24)35-30-37-27(36-29(32)38-30)21-10-11-22(19(2)16-21)18-33-28(40)20-12-14-23(15-13-20)31(3,4)5/h6-17H,1,18H2,2-5H3,(H,33,40)(H,34,39)(H3,32,35,36,37,38). The minimum atomic E-state index is -0.308. The number of amides is 2. The molecule has 9 heteroatoms. The molecule has 0 saturated carbocycles. The molecule has 0 aliphatic rings. The first-order valence-electron chi connectivity index (χ1n) is 12.8. The van der Waals surface area contributed by atoms with Crippen LogP contribution in [0.2, 0.25) is 0 Å². The number of aryl methyl sites for hydroxylation is 1. The van der Waals surface area contributed by atoms with Crippen molar-refractivity contribution in [2.45, 2.75) is 39.7 Å². The SMILES string of the molecule is C=CC(=O)Nc1cccc(Nc2nc(N)nc(-c3ccc(CNC(=O)c4ccc(C(C)(C)C)cc4)c(C)c3)n2)c1. The number of rotatable bonds is 8. The van der Waals surface area contributed by atoms with Gasteiger partial charge in [0, 0.05) is 29.0 Å². The Morgan fingerprint density at radius 2 is 1.68 bits per heavy atom. The second-order valence-electron chi connectivity index (χ2n) is 10.4. The highest BCUT2D eigenvalue weighted by Crippen LogP contribution is 2.24. The first-order chi connectivity index (χ1) is 19.0. The van der Waals surface area contributed by atoms with Crippen molar-refractivity contribution in [2.75, 3.05) is 16.4 Å². The van der Waals surface area contributed by atoms with E-state index >= 15 is 0 Å². The van der Waals surface area contributed by atoms with E-state index in [0.29, 0.717) is 29.3 Å². The van der Waals surface area contributed by atoms with Gasteiger partial charge in [0.1, 0.15) is 0 Å². The van der Waals surface area contributed by atoms with E-state index in [0.717, 1.165) is 16.7 Å². The van der Waals surface area contributed by atoms with Crippen molar-refractivity contribution >= 4 is 35.1 Å². The lowest BCUT2D eigenvalue weighted by atomic mass is 9.87. The Bertz CT molecular complexity index is 1560. The summed E-state index contributed by atoms with van der Waals surface area (Å²) in [5.74, 6) is 0.301. The highest BCUT2D eigenvalue weighted by molar-refractivity contribution is 5.99. The van der Waals surface area contributed by atoms with Crippen molar-refractivity contribution < 1.29 is 9.59 Å². The summed E-state index contributed by atoms with van der Waals surface area (Å²) < 4.78 is 0. The molecule has 5 N–H and O–H groups in total. The van der Waals surface area contributed by atoms with Gasteiger partial charge in [0.15, 0.2) is 5.82 Å². The van der Waals surface area contributed by atoms with Crippen LogP contribution in [0.1, 0.15) is 47.8 Å². The Hall–Kier alpha value is -5.05. The number of hydrogen-bond acceptors (Lipinski definition) is 7. The first kappa shape index (κ1) is 28.0. The highest BCUT2D eigenvalue weighted by Gasteiger charge is 2.15. The number of nitrogens with one attached hydrogen (secondary N) is 3. The van der Waals surface area contributed by atoms with Crippen molar-refractivity contribution in [3.8, 4) is 11.4 Å². The molecule has 0 aliphatic heterocycles. The van der Waals surface area contributed by atoms with Crippen LogP contribution < -0.4 is 21.7 Å². The molecule has 2 amide bonds. The fourth-order valence-electron chi connectivity index (χ4n) is 4.01. The molecule has 4 rings (SSSR count). The minimum absolute atomic E-state index is 0.0311. The summed E-state index contributed by atoms with van der Waals surface area (Å²) in [7, 11) is 0. The van der Waals surface area contributed by atoms with Crippen molar-refractivity contribution in [3.05, 3.63) is 102 Å². The van der Waals surface area contributed by atoms with Crippen LogP contribution in [-0.2, 0) is 16.8 Å². The van der Waals surface area contributed by atoms with Crippen LogP contribution in [0.25, 0.3) is 11.4 Å². The number of nitrogens with zero attached hydrogens (tertiary/aromatic N) is 3. The lowest BCUT2D eigenvalue weighted by molar-refractivity contribution is -0.111. The van der Waals surface area contributed by atoms with Gasteiger partial charge < -0.3 is 21.7 Å². The lowest BCUT2D eigenvalue weighted by Gasteiger charge is -2.19. The molecule has 204 valence electrons. The summed E-state index contributed by atoms with van der Waals surface area (Å²) in [4.78, 5) is 37.3. The van der Waals surface area contributed by atoms with Crippen LogP contribution >= 0.6 is 0 Å². The van der Waals surface area contributed by atoms with Crippen LogP contribution in [0.5, 0.6) is 0 Å². The van der Waals surface area contributed by atoms with Crippen molar-refractivity contribution in [1.29, 1.82) is 0 Å². The molecule has 0 aliphatic carbocycles. The van der Waals surface area contributed by atoms with Crippen molar-refractivity contribution in [2.24, 2.45) is 0 Å². The van der Waals surface area contributed by atoms with E-state index in [1.165, 1.54) is 11.6 Å². The molecule has 0 bridgehead atoms. The minimum Gasteiger partial charge on any atom is -0.368 e. The summed E-state index contributed by atoms with van der Waals surface area (Å²) in [6.07, 6.45) is 1.20. The Kier molecular flexibility index (Phi) is 8.23. The molecule has 0 atom stereocenters. The van der Waals surface area contributed by atoms with E-state index in [-0.39, 0.29) is 29.1 Å². The van der Waals surface area contributed by atoms with E-state index in [9.17, 15) is 9.59 Å². The number of carbonyl (C=O) groups is 2. The molecular formula is C31H33N7O2. The second-order valence-corrected chi connectivity index (χ2v) is 10.4. The van der Waals surface area contributed by atoms with Gasteiger partial charge in [0.25, 0.3) is 5.91 Å². The monoisotopic (exact) mass is 535 g/mol. The van der Waals surface area contributed by atoms with E-state index < -0.39 is 0 Å². The molecule has 0 saturated heterocycles. The summed E-state index contributed by atoms with van der Waals surface area (Å²) in [5, 5.41) is 8.81. The summed E-state index contributed by atoms with van der Waals surface area (Å²) in [6, 6.07) is 20.6. The average Bonchev–Trinajstić information content (AvgIpc) is 2.91. The predicted molar refractivity (Wildman–Crippen MR) is 159 cm³/mol. The number of anilines is 4. The van der Waals surface area contributed by atoms with Crippen molar-refractivity contribution in [3.63, 3.8) is 0 Å². The molecule has 0 fully saturated rings. The maximum atomic E-state index is 12.7. The largest absolute Gasteiger partial charge is 0.368 e. The number of nitrogens with two attached hydrogens (primary N) is 1. The van der Waals surface area contributed by atoms with Gasteiger partial charge in [-0.15, -0.1) is 0 Å². The summed E-state index contributed by atoms with van der Waals surface area (Å²) in [6.45, 7) is 12.2. The Balaban J connectivity index is 1.45. The van der Waals surface area contributed by atoms with Gasteiger partial charge in [-0.3, -0.25) is 9.59 Å². The fourth-order valence-corrected chi connectivity index (χ4v) is 4.01. The number of nitrogen functional groups attached to an aromatic ring is 1. The van der Waals surface area contributed by atoms with E-state index in [2.05, 4.69) is 58.3 Å². The lowest BCUT2D eigenvalue weighted by Crippen LogP contribution is -2.23. The van der Waals surface area contributed by atoms with Gasteiger partial charge in [-0.1, -0.05) is 57.7 Å². The third kappa shape index (κ3) is 7.08. The second kappa shape index (κ2) is 11.8. The molecule has 0 radical (unpaired) electrons. The average molecular weight is 536 g/mol. The Labute approximate surface area is 234 Å². The fraction of sp³-hybridized carbons (Fsp3) is 0.194. The van der Waals surface area contributed by atoms with Gasteiger partial charge >= 0.3 is 0 Å². The van der Waals surface area contributed by atoms with Crippen LogP contribution in [0, 0.1) is 6.92 Å². The van der Waals surface area contributed by atoms with Gasteiger partial charge in [-0.2, -0.15) is 15.0 Å². The van der Waals surface area contributed by atoms with E-state index in [1.807, 2.05) is 55.5 Å². The van der Waals surface area contributed by atoms with Crippen LogP contribution in [0.4, 0.5) is 23.3 Å². The number of benzene rings is 3. The Morgan fingerprint density at radius 1 is 0.950 bits per heavy atom. The smallest absolute Gasteiger partial charge is 0.251 e. The number of carbonyl (C=O) groups excluding carboxylic acids is 2. The zero-order chi connectivity index (χ0) is 28.9. The zero-order valence-corrected chi connectivity index (χ0v) is 23.1. The molecule has 1 aromatic heterocycles. The topological polar surface area (TPSA) is 135 Å². The van der Waals surface area contributed by atoms with Gasteiger partial charge in [-0.05, 0) is 71.5 Å².